The summed E-state index contributed by atoms with van der Waals surface area (Å²) in [4.78, 5) is 0. The van der Waals surface area contributed by atoms with Gasteiger partial charge in [0.1, 0.15) is 5.75 Å². The number of hydrogen-bond acceptors (Lipinski definition) is 1. The van der Waals surface area contributed by atoms with E-state index in [2.05, 4.69) is 0 Å². The fraction of sp³-hybridized carbons (Fsp3) is 0.455. The van der Waals surface area contributed by atoms with E-state index < -0.39 is 0 Å². The van der Waals surface area contributed by atoms with Crippen molar-refractivity contribution in [1.82, 2.24) is 0 Å². The van der Waals surface area contributed by atoms with Gasteiger partial charge in [-0.3, -0.25) is 0 Å². The van der Waals surface area contributed by atoms with E-state index in [4.69, 9.17) is 27.9 Å². The van der Waals surface area contributed by atoms with Crippen LogP contribution >= 0.6 is 23.2 Å². The summed E-state index contributed by atoms with van der Waals surface area (Å²) in [5, 5.41) is 1.30. The molecular formula is C11H12Cl2O. The van der Waals surface area contributed by atoms with E-state index in [0.29, 0.717) is 21.7 Å². The molecule has 1 aliphatic carbocycles. The highest BCUT2D eigenvalue weighted by molar-refractivity contribution is 6.34. The Morgan fingerprint density at radius 2 is 2.07 bits per heavy atom. The van der Waals surface area contributed by atoms with Crippen LogP contribution in [0.5, 0.6) is 5.75 Å². The molecule has 0 aliphatic heterocycles. The number of rotatable bonds is 3. The number of hydrogen-bond donors (Lipinski definition) is 0. The van der Waals surface area contributed by atoms with Gasteiger partial charge in [0.15, 0.2) is 0 Å². The quantitative estimate of drug-likeness (QED) is 0.758. The molecule has 1 aromatic rings. The molecule has 14 heavy (non-hydrogen) atoms. The van der Waals surface area contributed by atoms with Crippen LogP contribution in [0.25, 0.3) is 0 Å². The topological polar surface area (TPSA) is 9.23 Å². The molecule has 0 atom stereocenters. The third kappa shape index (κ3) is 2.34. The average Bonchev–Trinajstić information content (AvgIpc) is 2.08. The molecule has 76 valence electrons. The van der Waals surface area contributed by atoms with Crippen molar-refractivity contribution >= 4 is 23.2 Å². The zero-order valence-electron chi connectivity index (χ0n) is 7.80. The SMILES string of the molecule is Clc1ccc(Cl)c(OCC2CCC2)c1. The molecule has 0 spiro atoms. The van der Waals surface area contributed by atoms with Crippen molar-refractivity contribution in [1.29, 1.82) is 0 Å². The van der Waals surface area contributed by atoms with E-state index in [1.807, 2.05) is 0 Å². The third-order valence-corrected chi connectivity index (χ3v) is 3.14. The third-order valence-electron chi connectivity index (χ3n) is 2.59. The fourth-order valence-corrected chi connectivity index (χ4v) is 1.79. The lowest BCUT2D eigenvalue weighted by atomic mass is 9.86. The minimum atomic E-state index is 0.633. The van der Waals surface area contributed by atoms with E-state index in [0.717, 1.165) is 6.61 Å². The summed E-state index contributed by atoms with van der Waals surface area (Å²) >= 11 is 11.8. The lowest BCUT2D eigenvalue weighted by molar-refractivity contribution is 0.181. The monoisotopic (exact) mass is 230 g/mol. The highest BCUT2D eigenvalue weighted by Gasteiger charge is 2.18. The summed E-state index contributed by atoms with van der Waals surface area (Å²) in [7, 11) is 0. The van der Waals surface area contributed by atoms with Crippen molar-refractivity contribution in [2.45, 2.75) is 19.3 Å². The van der Waals surface area contributed by atoms with Crippen LogP contribution in [0.4, 0.5) is 0 Å². The second kappa shape index (κ2) is 4.41. The molecule has 0 bridgehead atoms. The molecule has 0 amide bonds. The van der Waals surface area contributed by atoms with E-state index in [-0.39, 0.29) is 0 Å². The summed E-state index contributed by atoms with van der Waals surface area (Å²) in [5.41, 5.74) is 0. The van der Waals surface area contributed by atoms with Crippen molar-refractivity contribution in [2.24, 2.45) is 5.92 Å². The second-order valence-electron chi connectivity index (χ2n) is 3.68. The molecule has 2 rings (SSSR count). The maximum absolute atomic E-state index is 5.96. The van der Waals surface area contributed by atoms with Gasteiger partial charge in [0, 0.05) is 11.1 Å². The zero-order valence-corrected chi connectivity index (χ0v) is 9.31. The van der Waals surface area contributed by atoms with Crippen molar-refractivity contribution in [2.75, 3.05) is 6.61 Å². The van der Waals surface area contributed by atoms with Crippen molar-refractivity contribution < 1.29 is 4.74 Å². The zero-order chi connectivity index (χ0) is 9.97. The Morgan fingerprint density at radius 1 is 1.29 bits per heavy atom. The van der Waals surface area contributed by atoms with Crippen LogP contribution in [-0.4, -0.2) is 6.61 Å². The Balaban J connectivity index is 1.96. The summed E-state index contributed by atoms with van der Waals surface area (Å²) in [5.74, 6) is 1.41. The molecule has 0 N–H and O–H groups in total. The predicted molar refractivity (Wildman–Crippen MR) is 59.3 cm³/mol. The van der Waals surface area contributed by atoms with E-state index in [1.54, 1.807) is 18.2 Å². The Labute approximate surface area is 94.0 Å². The Bertz CT molecular complexity index is 321. The average molecular weight is 231 g/mol. The molecule has 0 heterocycles. The van der Waals surface area contributed by atoms with Gasteiger partial charge in [-0.05, 0) is 30.9 Å². The highest BCUT2D eigenvalue weighted by Crippen LogP contribution is 2.31. The van der Waals surface area contributed by atoms with Crippen LogP contribution in [0, 0.1) is 5.92 Å². The minimum absolute atomic E-state index is 0.633. The van der Waals surface area contributed by atoms with Crippen molar-refractivity contribution in [3.63, 3.8) is 0 Å². The standard InChI is InChI=1S/C11H12Cl2O/c12-9-4-5-10(13)11(6-9)14-7-8-2-1-3-8/h4-6,8H,1-3,7H2. The van der Waals surface area contributed by atoms with Gasteiger partial charge >= 0.3 is 0 Å². The Hall–Kier alpha value is -0.400. The molecule has 0 radical (unpaired) electrons. The molecule has 1 aromatic carbocycles. The molecule has 1 nitrogen and oxygen atoms in total. The maximum Gasteiger partial charge on any atom is 0.139 e. The highest BCUT2D eigenvalue weighted by atomic mass is 35.5. The molecule has 0 saturated heterocycles. The summed E-state index contributed by atoms with van der Waals surface area (Å²) in [6, 6.07) is 5.29. The van der Waals surface area contributed by atoms with E-state index >= 15 is 0 Å². The Kier molecular flexibility index (Phi) is 3.19. The first-order valence-electron chi connectivity index (χ1n) is 4.83. The molecular weight excluding hydrogens is 219 g/mol. The predicted octanol–water partition coefficient (Wildman–Crippen LogP) is 4.17. The van der Waals surface area contributed by atoms with Crippen molar-refractivity contribution in [3.8, 4) is 5.75 Å². The maximum atomic E-state index is 5.96. The molecule has 1 fully saturated rings. The number of ether oxygens (including phenoxy) is 1. The molecule has 3 heteroatoms. The normalized spacial score (nSPS) is 16.4. The molecule has 0 unspecified atom stereocenters. The van der Waals surface area contributed by atoms with Gasteiger partial charge in [-0.15, -0.1) is 0 Å². The number of benzene rings is 1. The van der Waals surface area contributed by atoms with Gasteiger partial charge in [0.05, 0.1) is 11.6 Å². The summed E-state index contributed by atoms with van der Waals surface area (Å²) in [6.07, 6.45) is 3.88. The second-order valence-corrected chi connectivity index (χ2v) is 4.53. The van der Waals surface area contributed by atoms with Gasteiger partial charge in [0.25, 0.3) is 0 Å². The minimum Gasteiger partial charge on any atom is -0.492 e. The first kappa shape index (κ1) is 10.1. The van der Waals surface area contributed by atoms with Crippen molar-refractivity contribution in [3.05, 3.63) is 28.2 Å². The van der Waals surface area contributed by atoms with Crippen LogP contribution < -0.4 is 4.74 Å². The van der Waals surface area contributed by atoms with E-state index in [9.17, 15) is 0 Å². The van der Waals surface area contributed by atoms with Crippen LogP contribution in [0.3, 0.4) is 0 Å². The molecule has 1 saturated carbocycles. The van der Waals surface area contributed by atoms with Crippen LogP contribution in [0.1, 0.15) is 19.3 Å². The first-order chi connectivity index (χ1) is 6.75. The van der Waals surface area contributed by atoms with Gasteiger partial charge in [-0.1, -0.05) is 29.6 Å². The van der Waals surface area contributed by atoms with Gasteiger partial charge < -0.3 is 4.74 Å². The molecule has 0 aromatic heterocycles. The summed E-state index contributed by atoms with van der Waals surface area (Å²) < 4.78 is 5.61. The molecule has 1 aliphatic rings. The van der Waals surface area contributed by atoms with E-state index in [1.165, 1.54) is 19.3 Å². The van der Waals surface area contributed by atoms with Gasteiger partial charge in [-0.2, -0.15) is 0 Å². The van der Waals surface area contributed by atoms with Crippen LogP contribution in [0.15, 0.2) is 18.2 Å². The lowest BCUT2D eigenvalue weighted by Gasteiger charge is -2.25. The van der Waals surface area contributed by atoms with Gasteiger partial charge in [-0.25, -0.2) is 0 Å². The Morgan fingerprint density at radius 3 is 2.71 bits per heavy atom. The largest absolute Gasteiger partial charge is 0.492 e. The smallest absolute Gasteiger partial charge is 0.139 e. The summed E-state index contributed by atoms with van der Waals surface area (Å²) in [6.45, 7) is 0.764. The first-order valence-corrected chi connectivity index (χ1v) is 5.59. The van der Waals surface area contributed by atoms with Crippen LogP contribution in [-0.2, 0) is 0 Å². The van der Waals surface area contributed by atoms with Crippen LogP contribution in [0.2, 0.25) is 10.0 Å². The fourth-order valence-electron chi connectivity index (χ4n) is 1.45. The number of halogens is 2. The lowest BCUT2D eigenvalue weighted by Crippen LogP contribution is -2.19. The van der Waals surface area contributed by atoms with Gasteiger partial charge in [0.2, 0.25) is 0 Å².